The molecule has 1 N–H and O–H groups in total. The second-order valence-electron chi connectivity index (χ2n) is 7.72. The van der Waals surface area contributed by atoms with Crippen molar-refractivity contribution in [1.82, 2.24) is 13.9 Å². The first kappa shape index (κ1) is 22.4. The van der Waals surface area contributed by atoms with Gasteiger partial charge in [-0.05, 0) is 24.6 Å². The molecule has 170 valence electrons. The predicted molar refractivity (Wildman–Crippen MR) is 120 cm³/mol. The van der Waals surface area contributed by atoms with E-state index in [1.807, 2.05) is 6.07 Å². The minimum atomic E-state index is -3.68. The Labute approximate surface area is 187 Å². The van der Waals surface area contributed by atoms with Crippen LogP contribution in [0.5, 0.6) is 0 Å². The van der Waals surface area contributed by atoms with Gasteiger partial charge in [-0.15, -0.1) is 0 Å². The third-order valence-corrected chi connectivity index (χ3v) is 8.73. The van der Waals surface area contributed by atoms with Crippen LogP contribution < -0.4 is 4.72 Å². The van der Waals surface area contributed by atoms with Gasteiger partial charge in [-0.2, -0.15) is 4.31 Å². The summed E-state index contributed by atoms with van der Waals surface area (Å²) in [5.41, 5.74) is 1.15. The van der Waals surface area contributed by atoms with Gasteiger partial charge in [0.15, 0.2) is 0 Å². The number of aliphatic imine (C=N–C) groups is 1. The summed E-state index contributed by atoms with van der Waals surface area (Å²) in [5, 5.41) is 0. The number of amidine groups is 1. The molecule has 0 radical (unpaired) electrons. The highest BCUT2D eigenvalue weighted by molar-refractivity contribution is 7.90. The molecule has 2 aliphatic heterocycles. The van der Waals surface area contributed by atoms with Crippen LogP contribution in [0.15, 0.2) is 64.5 Å². The molecule has 11 heteroatoms. The van der Waals surface area contributed by atoms with E-state index in [2.05, 4.69) is 9.71 Å². The van der Waals surface area contributed by atoms with Gasteiger partial charge in [-0.1, -0.05) is 42.5 Å². The van der Waals surface area contributed by atoms with Gasteiger partial charge in [0.05, 0.1) is 10.6 Å². The Kier molecular flexibility index (Phi) is 6.06. The maximum atomic E-state index is 12.9. The van der Waals surface area contributed by atoms with Gasteiger partial charge in [0.2, 0.25) is 15.9 Å². The molecule has 2 aromatic carbocycles. The number of benzene rings is 2. The van der Waals surface area contributed by atoms with Crippen molar-refractivity contribution < 1.29 is 21.6 Å². The van der Waals surface area contributed by atoms with E-state index in [1.54, 1.807) is 54.3 Å². The Morgan fingerprint density at radius 2 is 1.66 bits per heavy atom. The monoisotopic (exact) mass is 476 g/mol. The van der Waals surface area contributed by atoms with Crippen molar-refractivity contribution in [3.05, 3.63) is 65.7 Å². The van der Waals surface area contributed by atoms with Crippen LogP contribution in [-0.2, 0) is 30.6 Å². The van der Waals surface area contributed by atoms with Gasteiger partial charge in [-0.3, -0.25) is 14.5 Å². The molecular formula is C21H24N4O5S2. The molecule has 32 heavy (non-hydrogen) atoms. The summed E-state index contributed by atoms with van der Waals surface area (Å²) >= 11 is 0. The van der Waals surface area contributed by atoms with Crippen LogP contribution in [0.25, 0.3) is 0 Å². The normalized spacial score (nSPS) is 20.5. The average Bonchev–Trinajstić information content (AvgIpc) is 3.03. The van der Waals surface area contributed by atoms with E-state index in [4.69, 9.17) is 0 Å². The number of carbonyl (C=O) groups excluding carboxylic acids is 1. The summed E-state index contributed by atoms with van der Waals surface area (Å²) in [5.74, 6) is -0.211. The number of rotatable bonds is 5. The number of hydrogen-bond acceptors (Lipinski definition) is 6. The van der Waals surface area contributed by atoms with Gasteiger partial charge in [0.25, 0.3) is 10.0 Å². The molecule has 4 rings (SSSR count). The van der Waals surface area contributed by atoms with E-state index in [-0.39, 0.29) is 48.6 Å². The lowest BCUT2D eigenvalue weighted by Gasteiger charge is -2.34. The minimum Gasteiger partial charge on any atom is -0.338 e. The Morgan fingerprint density at radius 3 is 2.34 bits per heavy atom. The molecule has 2 aromatic rings. The molecule has 1 saturated heterocycles. The maximum absolute atomic E-state index is 12.9. The van der Waals surface area contributed by atoms with E-state index in [0.717, 1.165) is 5.56 Å². The molecule has 0 spiro atoms. The number of fused-ring (bicyclic) bond motifs is 1. The Morgan fingerprint density at radius 1 is 1.03 bits per heavy atom. The van der Waals surface area contributed by atoms with Crippen molar-refractivity contribution in [2.24, 2.45) is 4.99 Å². The van der Waals surface area contributed by atoms with Crippen LogP contribution in [0.3, 0.4) is 0 Å². The van der Waals surface area contributed by atoms with Crippen LogP contribution in [-0.4, -0.2) is 70.0 Å². The Hall–Kier alpha value is -2.76. The summed E-state index contributed by atoms with van der Waals surface area (Å²) in [7, 11) is -7.16. The van der Waals surface area contributed by atoms with Gasteiger partial charge in [0.1, 0.15) is 11.9 Å². The van der Waals surface area contributed by atoms with Crippen molar-refractivity contribution in [3.63, 3.8) is 0 Å². The second kappa shape index (κ2) is 8.64. The molecule has 1 atom stereocenters. The number of piperazine rings is 1. The van der Waals surface area contributed by atoms with Crippen LogP contribution in [0.4, 0.5) is 0 Å². The average molecular weight is 477 g/mol. The van der Waals surface area contributed by atoms with Crippen molar-refractivity contribution in [1.29, 1.82) is 0 Å². The smallest absolute Gasteiger partial charge is 0.263 e. The highest BCUT2D eigenvalue weighted by atomic mass is 32.2. The van der Waals surface area contributed by atoms with Crippen LogP contribution in [0.1, 0.15) is 18.1 Å². The highest BCUT2D eigenvalue weighted by Crippen LogP contribution is 2.23. The van der Waals surface area contributed by atoms with Crippen LogP contribution in [0.2, 0.25) is 0 Å². The first-order valence-electron chi connectivity index (χ1n) is 10.2. The predicted octanol–water partition coefficient (Wildman–Crippen LogP) is 0.788. The zero-order valence-electron chi connectivity index (χ0n) is 17.5. The summed E-state index contributed by atoms with van der Waals surface area (Å²) in [6, 6.07) is 14.6. The number of hydrogen-bond donors (Lipinski definition) is 1. The zero-order valence-corrected chi connectivity index (χ0v) is 19.1. The molecule has 1 amide bonds. The molecule has 1 fully saturated rings. The standard InChI is InChI=1S/C21H24N4O5S2/c1-16(22-20-18-9-5-6-10-19(18)32(29,30)23-20)21(26)24-11-13-25(14-12-24)31(27,28)15-17-7-3-2-4-8-17/h2-10,16H,11-15H2,1H3,(H,22,23). The third-order valence-electron chi connectivity index (χ3n) is 5.48. The second-order valence-corrected chi connectivity index (χ2v) is 11.3. The fourth-order valence-corrected chi connectivity index (χ4v) is 6.56. The summed E-state index contributed by atoms with van der Waals surface area (Å²) < 4.78 is 53.7. The number of sulfonamides is 2. The summed E-state index contributed by atoms with van der Waals surface area (Å²) in [6.07, 6.45) is 0. The van der Waals surface area contributed by atoms with Crippen LogP contribution in [0, 0.1) is 0 Å². The molecule has 0 aliphatic carbocycles. The van der Waals surface area contributed by atoms with E-state index in [1.165, 1.54) is 10.4 Å². The fourth-order valence-electron chi connectivity index (χ4n) is 3.81. The third kappa shape index (κ3) is 4.54. The van der Waals surface area contributed by atoms with Gasteiger partial charge >= 0.3 is 0 Å². The molecule has 2 aliphatic rings. The van der Waals surface area contributed by atoms with E-state index < -0.39 is 26.1 Å². The topological polar surface area (TPSA) is 116 Å². The maximum Gasteiger partial charge on any atom is 0.263 e. The number of carbonyl (C=O) groups is 1. The lowest BCUT2D eigenvalue weighted by atomic mass is 10.2. The Balaban J connectivity index is 1.40. The van der Waals surface area contributed by atoms with Crippen LogP contribution >= 0.6 is 0 Å². The lowest BCUT2D eigenvalue weighted by Crippen LogP contribution is -2.52. The molecular weight excluding hydrogens is 452 g/mol. The van der Waals surface area contributed by atoms with E-state index >= 15 is 0 Å². The zero-order chi connectivity index (χ0) is 22.9. The quantitative estimate of drug-likeness (QED) is 0.685. The number of amides is 1. The molecule has 2 heterocycles. The van der Waals surface area contributed by atoms with Crippen molar-refractivity contribution in [3.8, 4) is 0 Å². The summed E-state index contributed by atoms with van der Waals surface area (Å²) in [6.45, 7) is 2.52. The first-order chi connectivity index (χ1) is 15.2. The SMILES string of the molecule is CC(N=C1NS(=O)(=O)c2ccccc21)C(=O)N1CCN(S(=O)(=O)Cc2ccccc2)CC1. The van der Waals surface area contributed by atoms with Gasteiger partial charge in [0, 0.05) is 31.7 Å². The largest absolute Gasteiger partial charge is 0.338 e. The molecule has 1 unspecified atom stereocenters. The Bertz CT molecular complexity index is 1250. The number of nitrogens with one attached hydrogen (secondary N) is 1. The highest BCUT2D eigenvalue weighted by Gasteiger charge is 2.33. The molecule has 0 aromatic heterocycles. The minimum absolute atomic E-state index is 0.0780. The van der Waals surface area contributed by atoms with Crippen molar-refractivity contribution in [2.75, 3.05) is 26.2 Å². The molecule has 0 saturated carbocycles. The molecule has 9 nitrogen and oxygen atoms in total. The van der Waals surface area contributed by atoms with Gasteiger partial charge < -0.3 is 4.90 Å². The van der Waals surface area contributed by atoms with E-state index in [0.29, 0.717) is 5.56 Å². The van der Waals surface area contributed by atoms with E-state index in [9.17, 15) is 21.6 Å². The number of nitrogens with zero attached hydrogens (tertiary/aromatic N) is 3. The van der Waals surface area contributed by atoms with Gasteiger partial charge in [-0.25, -0.2) is 16.8 Å². The first-order valence-corrected chi connectivity index (χ1v) is 13.3. The van der Waals surface area contributed by atoms with Crippen molar-refractivity contribution >= 4 is 31.8 Å². The molecule has 0 bridgehead atoms. The fraction of sp³-hybridized carbons (Fsp3) is 0.333. The summed E-state index contributed by atoms with van der Waals surface area (Å²) in [4.78, 5) is 18.9. The van der Waals surface area contributed by atoms with Crippen molar-refractivity contribution in [2.45, 2.75) is 23.6 Å². The lowest BCUT2D eigenvalue weighted by molar-refractivity contribution is -0.133.